The van der Waals surface area contributed by atoms with Crippen molar-refractivity contribution in [2.45, 2.75) is 119 Å². The van der Waals surface area contributed by atoms with Crippen LogP contribution in [0.25, 0.3) is 0 Å². The zero-order valence-corrected chi connectivity index (χ0v) is 20.7. The summed E-state index contributed by atoms with van der Waals surface area (Å²) >= 11 is 0. The first-order valence-corrected chi connectivity index (χ1v) is 13.2. The van der Waals surface area contributed by atoms with Gasteiger partial charge >= 0.3 is 0 Å². The molecule has 0 aromatic carbocycles. The van der Waals surface area contributed by atoms with Gasteiger partial charge < -0.3 is 0 Å². The first-order chi connectivity index (χ1) is 13.5. The van der Waals surface area contributed by atoms with E-state index in [0.717, 1.165) is 23.7 Å². The van der Waals surface area contributed by atoms with E-state index in [1.807, 2.05) is 5.57 Å². The Bertz CT molecular complexity index is 714. The lowest BCUT2D eigenvalue weighted by Gasteiger charge is -2.70. The lowest BCUT2D eigenvalue weighted by Crippen LogP contribution is -2.61. The maximum atomic E-state index is 2.85. The van der Waals surface area contributed by atoms with Gasteiger partial charge in [-0.1, -0.05) is 73.0 Å². The summed E-state index contributed by atoms with van der Waals surface area (Å²) in [6.45, 7) is 18.6. The van der Waals surface area contributed by atoms with Crippen molar-refractivity contribution >= 4 is 0 Å². The van der Waals surface area contributed by atoms with Crippen LogP contribution in [0.2, 0.25) is 0 Å². The average molecular weight is 397 g/mol. The van der Waals surface area contributed by atoms with Crippen LogP contribution in [0.3, 0.4) is 0 Å². The van der Waals surface area contributed by atoms with Crippen LogP contribution in [0.1, 0.15) is 119 Å². The molecular formula is C29H48. The SMILES string of the molecule is C[C@@H]1CCC[C@]2(C)[C@H]3CC=C4[C@H]5CC(C)(C)CC[C@]5(C)CC[C@@]4(C)[C@]3(C)CC[C@@H]12. The van der Waals surface area contributed by atoms with Crippen molar-refractivity contribution in [1.29, 1.82) is 0 Å². The molecule has 164 valence electrons. The second-order valence-corrected chi connectivity index (χ2v) is 14.3. The minimum Gasteiger partial charge on any atom is -0.0841 e. The van der Waals surface area contributed by atoms with E-state index >= 15 is 0 Å². The van der Waals surface area contributed by atoms with E-state index < -0.39 is 0 Å². The molecule has 8 atom stereocenters. The van der Waals surface area contributed by atoms with Crippen LogP contribution in [0.5, 0.6) is 0 Å². The molecule has 4 fully saturated rings. The van der Waals surface area contributed by atoms with Gasteiger partial charge in [-0.05, 0) is 109 Å². The molecule has 0 unspecified atom stereocenters. The van der Waals surface area contributed by atoms with Gasteiger partial charge in [-0.3, -0.25) is 0 Å². The van der Waals surface area contributed by atoms with Crippen molar-refractivity contribution in [3.05, 3.63) is 11.6 Å². The van der Waals surface area contributed by atoms with Crippen LogP contribution in [-0.4, -0.2) is 0 Å². The van der Waals surface area contributed by atoms with E-state index in [4.69, 9.17) is 0 Å². The summed E-state index contributed by atoms with van der Waals surface area (Å²) in [6.07, 6.45) is 18.9. The molecule has 0 saturated heterocycles. The molecule has 5 aliphatic rings. The van der Waals surface area contributed by atoms with Crippen molar-refractivity contribution in [1.82, 2.24) is 0 Å². The first-order valence-electron chi connectivity index (χ1n) is 13.2. The molecule has 5 rings (SSSR count). The molecule has 0 aromatic heterocycles. The predicted octanol–water partition coefficient (Wildman–Crippen LogP) is 8.81. The highest BCUT2D eigenvalue weighted by Gasteiger charge is 2.65. The maximum absolute atomic E-state index is 2.85. The Hall–Kier alpha value is -0.260. The molecule has 0 aromatic rings. The fraction of sp³-hybridized carbons (Fsp3) is 0.931. The third-order valence-corrected chi connectivity index (χ3v) is 12.5. The van der Waals surface area contributed by atoms with Crippen LogP contribution >= 0.6 is 0 Å². The van der Waals surface area contributed by atoms with Gasteiger partial charge in [0.25, 0.3) is 0 Å². The Kier molecular flexibility index (Phi) is 4.38. The molecule has 4 saturated carbocycles. The Labute approximate surface area is 181 Å². The zero-order chi connectivity index (χ0) is 20.9. The lowest BCUT2D eigenvalue weighted by atomic mass is 9.35. The number of fused-ring (bicyclic) bond motifs is 7. The largest absolute Gasteiger partial charge is 0.0841 e. The fourth-order valence-corrected chi connectivity index (χ4v) is 10.2. The highest BCUT2D eigenvalue weighted by atomic mass is 14.7. The van der Waals surface area contributed by atoms with Crippen LogP contribution in [0.4, 0.5) is 0 Å². The summed E-state index contributed by atoms with van der Waals surface area (Å²) in [5.41, 5.74) is 4.59. The summed E-state index contributed by atoms with van der Waals surface area (Å²) in [7, 11) is 0. The molecule has 0 N–H and O–H groups in total. The maximum Gasteiger partial charge on any atom is -0.00565 e. The lowest BCUT2D eigenvalue weighted by molar-refractivity contribution is -0.164. The van der Waals surface area contributed by atoms with E-state index in [2.05, 4.69) is 54.5 Å². The van der Waals surface area contributed by atoms with Gasteiger partial charge in [0, 0.05) is 0 Å². The van der Waals surface area contributed by atoms with Crippen LogP contribution in [-0.2, 0) is 0 Å². The monoisotopic (exact) mass is 396 g/mol. The van der Waals surface area contributed by atoms with Crippen molar-refractivity contribution in [2.75, 3.05) is 0 Å². The second kappa shape index (κ2) is 6.16. The van der Waals surface area contributed by atoms with Crippen LogP contribution < -0.4 is 0 Å². The molecule has 0 amide bonds. The average Bonchev–Trinajstić information content (AvgIpc) is 2.63. The Balaban J connectivity index is 1.57. The van der Waals surface area contributed by atoms with Crippen molar-refractivity contribution in [2.24, 2.45) is 50.7 Å². The van der Waals surface area contributed by atoms with E-state index in [0.29, 0.717) is 27.1 Å². The molecule has 0 bridgehead atoms. The Morgan fingerprint density at radius 1 is 0.828 bits per heavy atom. The topological polar surface area (TPSA) is 0 Å². The minimum atomic E-state index is 0.447. The summed E-state index contributed by atoms with van der Waals surface area (Å²) in [4.78, 5) is 0. The van der Waals surface area contributed by atoms with E-state index in [-0.39, 0.29) is 0 Å². The zero-order valence-electron chi connectivity index (χ0n) is 20.7. The smallest absolute Gasteiger partial charge is 0.00565 e. The van der Waals surface area contributed by atoms with Gasteiger partial charge in [-0.2, -0.15) is 0 Å². The molecule has 29 heavy (non-hydrogen) atoms. The quantitative estimate of drug-likeness (QED) is 0.359. The number of hydrogen-bond acceptors (Lipinski definition) is 0. The van der Waals surface area contributed by atoms with Crippen LogP contribution in [0.15, 0.2) is 11.6 Å². The Morgan fingerprint density at radius 2 is 1.55 bits per heavy atom. The van der Waals surface area contributed by atoms with E-state index in [1.54, 1.807) is 0 Å². The molecule has 0 heterocycles. The first kappa shape index (κ1) is 20.6. The molecular weight excluding hydrogens is 348 g/mol. The third-order valence-electron chi connectivity index (χ3n) is 12.5. The molecule has 0 spiro atoms. The highest BCUT2D eigenvalue weighted by molar-refractivity contribution is 5.33. The Morgan fingerprint density at radius 3 is 2.31 bits per heavy atom. The molecule has 0 heteroatoms. The predicted molar refractivity (Wildman–Crippen MR) is 125 cm³/mol. The highest BCUT2D eigenvalue weighted by Crippen LogP contribution is 2.74. The van der Waals surface area contributed by atoms with Gasteiger partial charge in [-0.25, -0.2) is 0 Å². The van der Waals surface area contributed by atoms with E-state index in [1.165, 1.54) is 70.6 Å². The number of rotatable bonds is 0. The summed E-state index contributed by atoms with van der Waals surface area (Å²) in [5.74, 6) is 3.69. The number of hydrogen-bond donors (Lipinski definition) is 0. The van der Waals surface area contributed by atoms with Crippen molar-refractivity contribution in [3.8, 4) is 0 Å². The van der Waals surface area contributed by atoms with Gasteiger partial charge in [-0.15, -0.1) is 0 Å². The molecule has 0 nitrogen and oxygen atoms in total. The standard InChI is InChI=1S/C29H48/c1-20-9-8-13-27(5)21(20)12-14-29(7)24(27)11-10-22-23-19-25(2,3)15-16-26(23,4)17-18-28(22,29)6/h10,20-21,23-24H,8-9,11-19H2,1-7H3/t20-,21+,23-,24-,26-,27+,28-,29-/m1/s1. The fourth-order valence-electron chi connectivity index (χ4n) is 10.2. The van der Waals surface area contributed by atoms with Crippen molar-refractivity contribution < 1.29 is 0 Å². The molecule has 0 radical (unpaired) electrons. The van der Waals surface area contributed by atoms with Crippen LogP contribution in [0, 0.1) is 50.7 Å². The normalized spacial score (nSPS) is 56.3. The summed E-state index contributed by atoms with van der Waals surface area (Å²) < 4.78 is 0. The van der Waals surface area contributed by atoms with Gasteiger partial charge in [0.05, 0.1) is 0 Å². The third kappa shape index (κ3) is 2.62. The second-order valence-electron chi connectivity index (χ2n) is 14.3. The van der Waals surface area contributed by atoms with Gasteiger partial charge in [0.1, 0.15) is 0 Å². The van der Waals surface area contributed by atoms with Crippen molar-refractivity contribution in [3.63, 3.8) is 0 Å². The summed E-state index contributed by atoms with van der Waals surface area (Å²) in [6, 6.07) is 0. The number of allylic oxidation sites excluding steroid dienone is 2. The van der Waals surface area contributed by atoms with E-state index in [9.17, 15) is 0 Å². The van der Waals surface area contributed by atoms with Gasteiger partial charge in [0.15, 0.2) is 0 Å². The van der Waals surface area contributed by atoms with Gasteiger partial charge in [0.2, 0.25) is 0 Å². The molecule has 5 aliphatic carbocycles. The molecule has 0 aliphatic heterocycles. The minimum absolute atomic E-state index is 0.447. The summed E-state index contributed by atoms with van der Waals surface area (Å²) in [5, 5.41) is 0.